The van der Waals surface area contributed by atoms with E-state index in [0.29, 0.717) is 12.5 Å². The normalized spacial score (nSPS) is 10.4. The topological polar surface area (TPSA) is 51.5 Å². The molecule has 0 aliphatic carbocycles. The fourth-order valence-electron chi connectivity index (χ4n) is 0.834. The lowest BCUT2D eigenvalue weighted by Crippen LogP contribution is -2.15. The van der Waals surface area contributed by atoms with Gasteiger partial charge in [-0.05, 0) is 12.0 Å². The van der Waals surface area contributed by atoms with E-state index in [-0.39, 0.29) is 5.88 Å². The maximum Gasteiger partial charge on any atom is 0.420 e. The van der Waals surface area contributed by atoms with Crippen molar-refractivity contribution in [2.75, 3.05) is 6.61 Å². The third kappa shape index (κ3) is 2.50. The zero-order valence-corrected chi connectivity index (χ0v) is 7.73. The molecule has 0 aliphatic heterocycles. The smallest absolute Gasteiger partial charge is 0.420 e. The van der Waals surface area contributed by atoms with Crippen LogP contribution in [0.4, 0.5) is 4.79 Å². The summed E-state index contributed by atoms with van der Waals surface area (Å²) in [6.45, 7) is 4.25. The average molecular weight is 183 g/mol. The van der Waals surface area contributed by atoms with Gasteiger partial charge in [-0.25, -0.2) is 9.36 Å². The molecule has 4 nitrogen and oxygen atoms in total. The Morgan fingerprint density at radius 3 is 2.85 bits per heavy atom. The lowest BCUT2D eigenvalue weighted by molar-refractivity contribution is 0.132. The van der Waals surface area contributed by atoms with Crippen LogP contribution in [-0.2, 0) is 4.74 Å². The van der Waals surface area contributed by atoms with Crippen molar-refractivity contribution in [1.82, 2.24) is 4.57 Å². The second-order valence-corrected chi connectivity index (χ2v) is 3.21. The highest BCUT2D eigenvalue weighted by atomic mass is 16.6. The molecule has 72 valence electrons. The Morgan fingerprint density at radius 2 is 2.38 bits per heavy atom. The molecule has 0 fully saturated rings. The van der Waals surface area contributed by atoms with E-state index in [2.05, 4.69) is 0 Å². The van der Waals surface area contributed by atoms with Crippen LogP contribution < -0.4 is 0 Å². The van der Waals surface area contributed by atoms with Gasteiger partial charge in [-0.1, -0.05) is 13.8 Å². The van der Waals surface area contributed by atoms with E-state index < -0.39 is 6.09 Å². The molecule has 0 atom stereocenters. The van der Waals surface area contributed by atoms with Crippen LogP contribution in [0.1, 0.15) is 13.8 Å². The van der Waals surface area contributed by atoms with Crippen molar-refractivity contribution in [2.24, 2.45) is 5.92 Å². The molecule has 4 heteroatoms. The molecule has 0 bridgehead atoms. The first-order chi connectivity index (χ1) is 6.11. The van der Waals surface area contributed by atoms with Crippen LogP contribution in [0.15, 0.2) is 18.3 Å². The van der Waals surface area contributed by atoms with Gasteiger partial charge in [-0.15, -0.1) is 0 Å². The van der Waals surface area contributed by atoms with E-state index in [0.717, 1.165) is 4.57 Å². The van der Waals surface area contributed by atoms with Gasteiger partial charge in [0, 0.05) is 12.3 Å². The summed E-state index contributed by atoms with van der Waals surface area (Å²) < 4.78 is 5.95. The van der Waals surface area contributed by atoms with Gasteiger partial charge in [-0.3, -0.25) is 0 Å². The lowest BCUT2D eigenvalue weighted by atomic mass is 10.2. The number of hydrogen-bond acceptors (Lipinski definition) is 3. The number of carbonyl (C=O) groups excluding carboxylic acids is 1. The van der Waals surface area contributed by atoms with E-state index in [1.807, 2.05) is 13.8 Å². The number of hydrogen-bond donors (Lipinski definition) is 1. The molecular weight excluding hydrogens is 170 g/mol. The molecule has 1 rings (SSSR count). The number of rotatable bonds is 2. The molecule has 0 amide bonds. The van der Waals surface area contributed by atoms with Crippen molar-refractivity contribution in [3.8, 4) is 5.88 Å². The zero-order chi connectivity index (χ0) is 9.84. The van der Waals surface area contributed by atoms with Crippen LogP contribution in [0.3, 0.4) is 0 Å². The minimum atomic E-state index is -0.545. The largest absolute Gasteiger partial charge is 0.494 e. The summed E-state index contributed by atoms with van der Waals surface area (Å²) in [4.78, 5) is 11.2. The average Bonchev–Trinajstić information content (AvgIpc) is 2.47. The molecule has 0 aromatic carbocycles. The van der Waals surface area contributed by atoms with E-state index in [4.69, 9.17) is 9.84 Å². The van der Waals surface area contributed by atoms with Gasteiger partial charge in [0.05, 0.1) is 6.61 Å². The second kappa shape index (κ2) is 3.98. The van der Waals surface area contributed by atoms with E-state index in [9.17, 15) is 4.79 Å². The molecule has 0 spiro atoms. The van der Waals surface area contributed by atoms with Gasteiger partial charge >= 0.3 is 6.09 Å². The van der Waals surface area contributed by atoms with Gasteiger partial charge in [0.15, 0.2) is 0 Å². The summed E-state index contributed by atoms with van der Waals surface area (Å²) in [5, 5.41) is 9.15. The van der Waals surface area contributed by atoms with Crippen molar-refractivity contribution in [3.63, 3.8) is 0 Å². The summed E-state index contributed by atoms with van der Waals surface area (Å²) in [5.74, 6) is 0.190. The molecule has 0 saturated heterocycles. The van der Waals surface area contributed by atoms with Crippen molar-refractivity contribution >= 4 is 6.09 Å². The summed E-state index contributed by atoms with van der Waals surface area (Å²) in [7, 11) is 0. The molecule has 1 aromatic rings. The van der Waals surface area contributed by atoms with Crippen molar-refractivity contribution in [1.29, 1.82) is 0 Å². The highest BCUT2D eigenvalue weighted by molar-refractivity contribution is 5.72. The van der Waals surface area contributed by atoms with Crippen molar-refractivity contribution < 1.29 is 14.6 Å². The molecule has 0 unspecified atom stereocenters. The maximum atomic E-state index is 11.2. The summed E-state index contributed by atoms with van der Waals surface area (Å²) in [6.07, 6.45) is 0.911. The Morgan fingerprint density at radius 1 is 1.69 bits per heavy atom. The second-order valence-electron chi connectivity index (χ2n) is 3.21. The Balaban J connectivity index is 2.54. The minimum Gasteiger partial charge on any atom is -0.494 e. The highest BCUT2D eigenvalue weighted by Crippen LogP contribution is 2.09. The van der Waals surface area contributed by atoms with Crippen LogP contribution in [0, 0.1) is 5.92 Å². The van der Waals surface area contributed by atoms with Gasteiger partial charge < -0.3 is 9.84 Å². The number of carbonyl (C=O) groups is 1. The summed E-state index contributed by atoms with van der Waals surface area (Å²) >= 11 is 0. The third-order valence-electron chi connectivity index (χ3n) is 1.46. The first-order valence-corrected chi connectivity index (χ1v) is 4.14. The SMILES string of the molecule is CC(C)COC(=O)n1cccc1O. The number of ether oxygens (including phenoxy) is 1. The monoisotopic (exact) mass is 183 g/mol. The Labute approximate surface area is 76.7 Å². The van der Waals surface area contributed by atoms with Crippen LogP contribution in [0.25, 0.3) is 0 Å². The number of nitrogens with zero attached hydrogens (tertiary/aromatic N) is 1. The molecule has 1 heterocycles. The van der Waals surface area contributed by atoms with Crippen LogP contribution >= 0.6 is 0 Å². The Bertz CT molecular complexity index is 291. The van der Waals surface area contributed by atoms with Crippen LogP contribution in [0.2, 0.25) is 0 Å². The number of aromatic hydroxyl groups is 1. The fraction of sp³-hybridized carbons (Fsp3) is 0.444. The summed E-state index contributed by atoms with van der Waals surface area (Å²) in [6, 6.07) is 3.00. The van der Waals surface area contributed by atoms with Crippen molar-refractivity contribution in [3.05, 3.63) is 18.3 Å². The fourth-order valence-corrected chi connectivity index (χ4v) is 0.834. The van der Waals surface area contributed by atoms with E-state index >= 15 is 0 Å². The Hall–Kier alpha value is -1.45. The summed E-state index contributed by atoms with van der Waals surface area (Å²) in [5.41, 5.74) is 0. The third-order valence-corrected chi connectivity index (χ3v) is 1.46. The maximum absolute atomic E-state index is 11.2. The van der Waals surface area contributed by atoms with Gasteiger partial charge in [0.1, 0.15) is 0 Å². The van der Waals surface area contributed by atoms with Gasteiger partial charge in [0.25, 0.3) is 0 Å². The highest BCUT2D eigenvalue weighted by Gasteiger charge is 2.09. The minimum absolute atomic E-state index is 0.103. The quantitative estimate of drug-likeness (QED) is 0.761. The standard InChI is InChI=1S/C9H13NO3/c1-7(2)6-13-9(12)10-5-3-4-8(10)11/h3-5,7,11H,6H2,1-2H3. The first kappa shape index (κ1) is 9.64. The predicted molar refractivity (Wildman–Crippen MR) is 47.7 cm³/mol. The predicted octanol–water partition coefficient (Wildman–Crippen LogP) is 1.83. The molecular formula is C9H13NO3. The van der Waals surface area contributed by atoms with Gasteiger partial charge in [-0.2, -0.15) is 0 Å². The zero-order valence-electron chi connectivity index (χ0n) is 7.73. The molecule has 13 heavy (non-hydrogen) atoms. The van der Waals surface area contributed by atoms with Crippen LogP contribution in [0.5, 0.6) is 5.88 Å². The molecule has 0 radical (unpaired) electrons. The molecule has 0 aliphatic rings. The first-order valence-electron chi connectivity index (χ1n) is 4.14. The lowest BCUT2D eigenvalue weighted by Gasteiger charge is -2.07. The van der Waals surface area contributed by atoms with Crippen LogP contribution in [-0.4, -0.2) is 22.4 Å². The van der Waals surface area contributed by atoms with Gasteiger partial charge in [0.2, 0.25) is 5.88 Å². The Kier molecular flexibility index (Phi) is 2.95. The van der Waals surface area contributed by atoms with E-state index in [1.165, 1.54) is 12.3 Å². The molecule has 1 N–H and O–H groups in total. The van der Waals surface area contributed by atoms with Crippen molar-refractivity contribution in [2.45, 2.75) is 13.8 Å². The van der Waals surface area contributed by atoms with E-state index in [1.54, 1.807) is 6.07 Å². The number of aromatic nitrogens is 1. The molecule has 1 aromatic heterocycles. The molecule has 0 saturated carbocycles.